The molecule has 0 aliphatic heterocycles. The van der Waals surface area contributed by atoms with Crippen molar-refractivity contribution in [3.63, 3.8) is 0 Å². The number of nitrogens with two attached hydrogens (primary N) is 1. The summed E-state index contributed by atoms with van der Waals surface area (Å²) >= 11 is 0. The van der Waals surface area contributed by atoms with E-state index >= 15 is 0 Å². The van der Waals surface area contributed by atoms with Gasteiger partial charge in [0.25, 0.3) is 0 Å². The molecule has 0 saturated carbocycles. The highest BCUT2D eigenvalue weighted by molar-refractivity contribution is 7.88. The molecule has 0 radical (unpaired) electrons. The van der Waals surface area contributed by atoms with Crippen molar-refractivity contribution in [3.8, 4) is 0 Å². The Balaban J connectivity index is 2.73. The Morgan fingerprint density at radius 3 is 2.41 bits per heavy atom. The molecule has 0 fully saturated rings. The first-order valence-electron chi connectivity index (χ1n) is 4.91. The summed E-state index contributed by atoms with van der Waals surface area (Å²) in [6, 6.07) is 7.20. The molecule has 7 heteroatoms. The smallest absolute Gasteiger partial charge is 0.323 e. The second-order valence-electron chi connectivity index (χ2n) is 3.49. The lowest BCUT2D eigenvalue weighted by atomic mass is 10.2. The summed E-state index contributed by atoms with van der Waals surface area (Å²) in [7, 11) is -3.70. The van der Waals surface area contributed by atoms with E-state index in [1.807, 2.05) is 4.72 Å². The fraction of sp³-hybridized carbons (Fsp3) is 0.300. The van der Waals surface area contributed by atoms with Crippen molar-refractivity contribution in [1.29, 1.82) is 0 Å². The van der Waals surface area contributed by atoms with Gasteiger partial charge in [-0.3, -0.25) is 4.79 Å². The molecular weight excluding hydrogens is 244 g/mol. The SMILES string of the molecule is NC[C@H](NS(=O)(=O)Cc1ccccc1)C(=O)O. The Morgan fingerprint density at radius 2 is 1.94 bits per heavy atom. The molecule has 0 aliphatic rings. The highest BCUT2D eigenvalue weighted by atomic mass is 32.2. The predicted octanol–water partition coefficient (Wildman–Crippen LogP) is -0.482. The molecule has 4 N–H and O–H groups in total. The Labute approximate surface area is 99.5 Å². The molecule has 17 heavy (non-hydrogen) atoms. The van der Waals surface area contributed by atoms with Crippen molar-refractivity contribution >= 4 is 16.0 Å². The predicted molar refractivity (Wildman–Crippen MR) is 62.7 cm³/mol. The maximum atomic E-state index is 11.6. The van der Waals surface area contributed by atoms with Crippen molar-refractivity contribution in [1.82, 2.24) is 4.72 Å². The number of sulfonamides is 1. The minimum Gasteiger partial charge on any atom is -0.480 e. The van der Waals surface area contributed by atoms with Crippen molar-refractivity contribution in [3.05, 3.63) is 35.9 Å². The number of aliphatic carboxylic acids is 1. The minimum absolute atomic E-state index is 0.266. The first-order chi connectivity index (χ1) is 7.94. The van der Waals surface area contributed by atoms with Crippen LogP contribution in [0.2, 0.25) is 0 Å². The molecule has 0 bridgehead atoms. The molecule has 1 rings (SSSR count). The first kappa shape index (κ1) is 13.6. The Morgan fingerprint density at radius 1 is 1.35 bits per heavy atom. The lowest BCUT2D eigenvalue weighted by Crippen LogP contribution is -2.46. The number of carboxylic acid groups (broad SMARTS) is 1. The van der Waals surface area contributed by atoms with Crippen LogP contribution in [0.5, 0.6) is 0 Å². The van der Waals surface area contributed by atoms with Crippen LogP contribution in [0, 0.1) is 0 Å². The number of carbonyl (C=O) groups is 1. The van der Waals surface area contributed by atoms with Gasteiger partial charge in [0.1, 0.15) is 6.04 Å². The standard InChI is InChI=1S/C10H14N2O4S/c11-6-9(10(13)14)12-17(15,16)7-8-4-2-1-3-5-8/h1-5,9,12H,6-7,11H2,(H,13,14)/t9-/m0/s1. The van der Waals surface area contributed by atoms with Crippen LogP contribution in [0.15, 0.2) is 30.3 Å². The quantitative estimate of drug-likeness (QED) is 0.638. The van der Waals surface area contributed by atoms with Gasteiger partial charge < -0.3 is 10.8 Å². The summed E-state index contributed by atoms with van der Waals surface area (Å²) in [6.45, 7) is -0.288. The summed E-state index contributed by atoms with van der Waals surface area (Å²) in [6.07, 6.45) is 0. The summed E-state index contributed by atoms with van der Waals surface area (Å²) in [5.74, 6) is -1.55. The van der Waals surface area contributed by atoms with Crippen LogP contribution in [0.4, 0.5) is 0 Å². The second kappa shape index (κ2) is 5.76. The van der Waals surface area contributed by atoms with Gasteiger partial charge in [-0.15, -0.1) is 0 Å². The molecule has 0 heterocycles. The van der Waals surface area contributed by atoms with E-state index in [4.69, 9.17) is 10.8 Å². The molecule has 1 aromatic rings. The summed E-state index contributed by atoms with van der Waals surface area (Å²) in [4.78, 5) is 10.7. The van der Waals surface area contributed by atoms with Crippen molar-refractivity contribution in [2.75, 3.05) is 6.54 Å². The molecule has 94 valence electrons. The van der Waals surface area contributed by atoms with Gasteiger partial charge in [-0.25, -0.2) is 8.42 Å². The van der Waals surface area contributed by atoms with Gasteiger partial charge >= 0.3 is 5.97 Å². The topological polar surface area (TPSA) is 109 Å². The van der Waals surface area contributed by atoms with Gasteiger partial charge in [0.05, 0.1) is 5.75 Å². The minimum atomic E-state index is -3.70. The van der Waals surface area contributed by atoms with Crippen LogP contribution in [0.1, 0.15) is 5.56 Å². The van der Waals surface area contributed by atoms with Crippen molar-refractivity contribution in [2.45, 2.75) is 11.8 Å². The van der Waals surface area contributed by atoms with E-state index in [2.05, 4.69) is 0 Å². The van der Waals surface area contributed by atoms with Gasteiger partial charge in [-0.05, 0) is 5.56 Å². The third-order valence-electron chi connectivity index (χ3n) is 2.06. The zero-order chi connectivity index (χ0) is 12.9. The van der Waals surface area contributed by atoms with E-state index in [0.717, 1.165) is 0 Å². The Kier molecular flexibility index (Phi) is 4.62. The normalized spacial score (nSPS) is 13.2. The van der Waals surface area contributed by atoms with E-state index in [1.54, 1.807) is 30.3 Å². The summed E-state index contributed by atoms with van der Waals surface area (Å²) in [5, 5.41) is 8.70. The molecule has 0 aromatic heterocycles. The van der Waals surface area contributed by atoms with Crippen LogP contribution >= 0.6 is 0 Å². The molecule has 1 atom stereocenters. The Hall–Kier alpha value is -1.44. The maximum absolute atomic E-state index is 11.6. The third kappa shape index (κ3) is 4.51. The number of carboxylic acids is 1. The average Bonchev–Trinajstić information content (AvgIpc) is 2.26. The van der Waals surface area contributed by atoms with E-state index in [0.29, 0.717) is 5.56 Å². The lowest BCUT2D eigenvalue weighted by molar-refractivity contribution is -0.138. The number of nitrogens with one attached hydrogen (secondary N) is 1. The zero-order valence-corrected chi connectivity index (χ0v) is 9.85. The molecule has 6 nitrogen and oxygen atoms in total. The van der Waals surface area contributed by atoms with E-state index in [-0.39, 0.29) is 12.3 Å². The van der Waals surface area contributed by atoms with Gasteiger partial charge in [0, 0.05) is 6.54 Å². The molecule has 0 unspecified atom stereocenters. The van der Waals surface area contributed by atoms with Crippen LogP contribution in [0.3, 0.4) is 0 Å². The number of rotatable bonds is 6. The molecule has 1 aromatic carbocycles. The summed E-state index contributed by atoms with van der Waals surface area (Å²) in [5.41, 5.74) is 5.75. The van der Waals surface area contributed by atoms with Crippen molar-refractivity contribution in [2.24, 2.45) is 5.73 Å². The molecule has 0 amide bonds. The van der Waals surface area contributed by atoms with Crippen LogP contribution in [-0.4, -0.2) is 32.1 Å². The largest absolute Gasteiger partial charge is 0.480 e. The van der Waals surface area contributed by atoms with E-state index < -0.39 is 22.0 Å². The Bertz CT molecular complexity index is 472. The maximum Gasteiger partial charge on any atom is 0.323 e. The monoisotopic (exact) mass is 258 g/mol. The van der Waals surface area contributed by atoms with E-state index in [1.165, 1.54) is 0 Å². The number of benzene rings is 1. The third-order valence-corrected chi connectivity index (χ3v) is 3.41. The highest BCUT2D eigenvalue weighted by Gasteiger charge is 2.22. The van der Waals surface area contributed by atoms with Crippen molar-refractivity contribution < 1.29 is 18.3 Å². The fourth-order valence-corrected chi connectivity index (χ4v) is 2.60. The molecule has 0 spiro atoms. The van der Waals surface area contributed by atoms with E-state index in [9.17, 15) is 13.2 Å². The highest BCUT2D eigenvalue weighted by Crippen LogP contribution is 2.04. The first-order valence-corrected chi connectivity index (χ1v) is 6.56. The van der Waals surface area contributed by atoms with Gasteiger partial charge in [0.15, 0.2) is 0 Å². The lowest BCUT2D eigenvalue weighted by Gasteiger charge is -2.12. The second-order valence-corrected chi connectivity index (χ2v) is 5.24. The summed E-state index contributed by atoms with van der Waals surface area (Å²) < 4.78 is 25.3. The molecule has 0 saturated heterocycles. The average molecular weight is 258 g/mol. The van der Waals surface area contributed by atoms with Crippen LogP contribution < -0.4 is 10.5 Å². The van der Waals surface area contributed by atoms with Gasteiger partial charge in [-0.1, -0.05) is 30.3 Å². The molecular formula is C10H14N2O4S. The van der Waals surface area contributed by atoms with Gasteiger partial charge in [-0.2, -0.15) is 4.72 Å². The fourth-order valence-electron chi connectivity index (χ4n) is 1.25. The number of hydrogen-bond donors (Lipinski definition) is 3. The molecule has 0 aliphatic carbocycles. The number of hydrogen-bond acceptors (Lipinski definition) is 4. The zero-order valence-electron chi connectivity index (χ0n) is 9.04. The van der Waals surface area contributed by atoms with Gasteiger partial charge in [0.2, 0.25) is 10.0 Å². The van der Waals surface area contributed by atoms with Crippen LogP contribution in [-0.2, 0) is 20.6 Å². The van der Waals surface area contributed by atoms with Crippen LogP contribution in [0.25, 0.3) is 0 Å².